The highest BCUT2D eigenvalue weighted by atomic mass is 35.5. The monoisotopic (exact) mass is 704 g/mol. The van der Waals surface area contributed by atoms with E-state index in [0.29, 0.717) is 64.2 Å². The first kappa shape index (κ1) is 33.1. The number of allylic oxidation sites excluding steroid dienone is 1. The van der Waals surface area contributed by atoms with Gasteiger partial charge in [-0.25, -0.2) is 9.79 Å². The molecule has 5 rings (SSSR count). The third kappa shape index (κ3) is 7.11. The van der Waals surface area contributed by atoms with E-state index < -0.39 is 12.0 Å². The molecule has 0 unspecified atom stereocenters. The van der Waals surface area contributed by atoms with E-state index >= 15 is 0 Å². The minimum Gasteiger partial charge on any atom is -0.496 e. The summed E-state index contributed by atoms with van der Waals surface area (Å²) in [6, 6.07) is 14.5. The van der Waals surface area contributed by atoms with Crippen molar-refractivity contribution in [2.75, 3.05) is 13.7 Å². The lowest BCUT2D eigenvalue weighted by Crippen LogP contribution is -2.40. The number of rotatable bonds is 10. The second kappa shape index (κ2) is 14.4. The van der Waals surface area contributed by atoms with Crippen molar-refractivity contribution in [1.29, 1.82) is 0 Å². The quantitative estimate of drug-likeness (QED) is 0.158. The first-order valence-corrected chi connectivity index (χ1v) is 16.4. The molecule has 0 bridgehead atoms. The van der Waals surface area contributed by atoms with Crippen molar-refractivity contribution < 1.29 is 19.0 Å². The second-order valence-electron chi connectivity index (χ2n) is 10.0. The van der Waals surface area contributed by atoms with Crippen LogP contribution >= 0.6 is 57.7 Å². The Balaban J connectivity index is 1.69. The van der Waals surface area contributed by atoms with Crippen molar-refractivity contribution in [3.63, 3.8) is 0 Å². The molecule has 0 saturated heterocycles. The van der Waals surface area contributed by atoms with Crippen LogP contribution in [0.25, 0.3) is 6.08 Å². The first-order valence-electron chi connectivity index (χ1n) is 14.1. The molecule has 1 atom stereocenters. The number of halogens is 4. The normalized spacial score (nSPS) is 14.6. The molecule has 45 heavy (non-hydrogen) atoms. The predicted octanol–water partition coefficient (Wildman–Crippen LogP) is 7.78. The Bertz CT molecular complexity index is 1990. The molecule has 4 aromatic rings. The molecule has 1 aliphatic rings. The van der Waals surface area contributed by atoms with E-state index in [1.165, 1.54) is 23.0 Å². The number of carbonyl (C=O) groups excluding carboxylic acids is 1. The molecule has 234 valence electrons. The molecule has 3 aromatic carbocycles. The zero-order chi connectivity index (χ0) is 32.2. The highest BCUT2D eigenvalue weighted by molar-refractivity contribution is 7.07. The van der Waals surface area contributed by atoms with Gasteiger partial charge in [-0.05, 0) is 68.0 Å². The molecule has 1 aliphatic heterocycles. The van der Waals surface area contributed by atoms with Gasteiger partial charge in [0.05, 0.1) is 29.5 Å². The van der Waals surface area contributed by atoms with Crippen LogP contribution in [0.4, 0.5) is 0 Å². The molecule has 0 amide bonds. The number of methoxy groups -OCH3 is 1. The van der Waals surface area contributed by atoms with Crippen molar-refractivity contribution in [1.82, 2.24) is 4.57 Å². The van der Waals surface area contributed by atoms with Crippen molar-refractivity contribution in [3.8, 4) is 11.5 Å². The molecule has 0 radical (unpaired) electrons. The van der Waals surface area contributed by atoms with Crippen LogP contribution in [0.2, 0.25) is 20.1 Å². The first-order chi connectivity index (χ1) is 21.6. The lowest BCUT2D eigenvalue weighted by Gasteiger charge is -2.27. The average molecular weight is 706 g/mol. The Morgan fingerprint density at radius 1 is 0.978 bits per heavy atom. The summed E-state index contributed by atoms with van der Waals surface area (Å²) in [5.41, 5.74) is 2.30. The number of hydrogen-bond acceptors (Lipinski definition) is 7. The number of fused-ring (bicyclic) bond motifs is 1. The Labute approximate surface area is 283 Å². The zero-order valence-electron chi connectivity index (χ0n) is 24.5. The fourth-order valence-electron chi connectivity index (χ4n) is 5.03. The lowest BCUT2D eigenvalue weighted by atomic mass is 9.93. The van der Waals surface area contributed by atoms with Gasteiger partial charge in [0.2, 0.25) is 0 Å². The van der Waals surface area contributed by atoms with Crippen molar-refractivity contribution in [2.45, 2.75) is 39.3 Å². The number of thiazole rings is 1. The Morgan fingerprint density at radius 3 is 2.36 bits per heavy atom. The van der Waals surface area contributed by atoms with Crippen LogP contribution in [0.5, 0.6) is 11.5 Å². The molecule has 0 fully saturated rings. The Morgan fingerprint density at radius 2 is 1.67 bits per heavy atom. The second-order valence-corrected chi connectivity index (χ2v) is 12.7. The van der Waals surface area contributed by atoms with Crippen LogP contribution in [0.1, 0.15) is 49.4 Å². The van der Waals surface area contributed by atoms with Gasteiger partial charge in [0.25, 0.3) is 5.56 Å². The summed E-state index contributed by atoms with van der Waals surface area (Å²) in [4.78, 5) is 33.0. The van der Waals surface area contributed by atoms with E-state index in [2.05, 4.69) is 0 Å². The SMILES string of the molecule is CCCC1=C(C(=O)OCC)[C@H](c2cc(Cl)ccc2OC)n2c(s/c(=C/c3cc(Cl)ccc3OCc3ccc(Cl)cc3Cl)c2=O)=N1. The van der Waals surface area contributed by atoms with Gasteiger partial charge in [-0.2, -0.15) is 0 Å². The van der Waals surface area contributed by atoms with Gasteiger partial charge >= 0.3 is 5.97 Å². The van der Waals surface area contributed by atoms with Gasteiger partial charge in [-0.1, -0.05) is 77.2 Å². The van der Waals surface area contributed by atoms with E-state index in [4.69, 9.17) is 65.6 Å². The maximum Gasteiger partial charge on any atom is 0.338 e. The molecule has 7 nitrogen and oxygen atoms in total. The molecule has 0 N–H and O–H groups in total. The number of benzene rings is 3. The third-order valence-electron chi connectivity index (χ3n) is 7.04. The van der Waals surface area contributed by atoms with Gasteiger partial charge in [0, 0.05) is 36.8 Å². The molecule has 2 heterocycles. The maximum atomic E-state index is 14.3. The number of ether oxygens (including phenoxy) is 3. The third-order valence-corrected chi connectivity index (χ3v) is 9.08. The molecular weight excluding hydrogens is 678 g/mol. The summed E-state index contributed by atoms with van der Waals surface area (Å²) in [5.74, 6) is 0.394. The molecule has 0 spiro atoms. The summed E-state index contributed by atoms with van der Waals surface area (Å²) in [6.07, 6.45) is 2.92. The van der Waals surface area contributed by atoms with Crippen LogP contribution in [0, 0.1) is 0 Å². The van der Waals surface area contributed by atoms with Gasteiger partial charge in [-0.3, -0.25) is 9.36 Å². The van der Waals surface area contributed by atoms with Crippen LogP contribution < -0.4 is 24.4 Å². The van der Waals surface area contributed by atoms with E-state index in [-0.39, 0.29) is 24.3 Å². The number of hydrogen-bond donors (Lipinski definition) is 0. The molecular formula is C33H28Cl4N2O5S. The van der Waals surface area contributed by atoms with E-state index in [0.717, 1.165) is 12.0 Å². The number of nitrogens with zero attached hydrogens (tertiary/aromatic N) is 2. The summed E-state index contributed by atoms with van der Waals surface area (Å²) in [6.45, 7) is 4.04. The number of carbonyl (C=O) groups is 1. The van der Waals surface area contributed by atoms with Crippen LogP contribution in [0.15, 0.2) is 75.7 Å². The standard InChI is InChI=1S/C33H28Cl4N2O5S/c1-4-6-25-29(32(41)43-5-2)30(23-15-21(35)10-12-27(23)42-3)39-31(40)28(45-33(39)38-25)14-19-13-20(34)9-11-26(19)44-17-18-7-8-22(36)16-24(18)37/h7-16,30H,4-6,17H2,1-3H3/b28-14+/t30-/m0/s1. The Kier molecular flexibility index (Phi) is 10.6. The fraction of sp³-hybridized carbons (Fsp3) is 0.242. The largest absolute Gasteiger partial charge is 0.496 e. The minimum atomic E-state index is -0.889. The smallest absolute Gasteiger partial charge is 0.338 e. The molecule has 12 heteroatoms. The molecule has 0 saturated carbocycles. The molecule has 1 aromatic heterocycles. The summed E-state index contributed by atoms with van der Waals surface area (Å²) < 4.78 is 19.1. The summed E-state index contributed by atoms with van der Waals surface area (Å²) >= 11 is 26.4. The van der Waals surface area contributed by atoms with Crippen molar-refractivity contribution in [3.05, 3.63) is 122 Å². The predicted molar refractivity (Wildman–Crippen MR) is 180 cm³/mol. The number of aromatic nitrogens is 1. The lowest BCUT2D eigenvalue weighted by molar-refractivity contribution is -0.139. The molecule has 0 aliphatic carbocycles. The van der Waals surface area contributed by atoms with Gasteiger partial charge in [0.1, 0.15) is 24.1 Å². The minimum absolute atomic E-state index is 0.157. The van der Waals surface area contributed by atoms with Crippen molar-refractivity contribution in [2.24, 2.45) is 4.99 Å². The van der Waals surface area contributed by atoms with Gasteiger partial charge in [-0.15, -0.1) is 0 Å². The average Bonchev–Trinajstić information content (AvgIpc) is 3.31. The maximum absolute atomic E-state index is 14.3. The summed E-state index contributed by atoms with van der Waals surface area (Å²) in [5, 5.41) is 1.88. The topological polar surface area (TPSA) is 79.1 Å². The van der Waals surface area contributed by atoms with Gasteiger partial charge in [0.15, 0.2) is 4.80 Å². The van der Waals surface area contributed by atoms with Crippen LogP contribution in [-0.2, 0) is 16.1 Å². The zero-order valence-corrected chi connectivity index (χ0v) is 28.4. The highest BCUT2D eigenvalue weighted by Gasteiger charge is 2.36. The van der Waals surface area contributed by atoms with Crippen molar-refractivity contribution >= 4 is 69.8 Å². The van der Waals surface area contributed by atoms with E-state index in [9.17, 15) is 9.59 Å². The van der Waals surface area contributed by atoms with Crippen LogP contribution in [0.3, 0.4) is 0 Å². The Hall–Kier alpha value is -3.27. The summed E-state index contributed by atoms with van der Waals surface area (Å²) in [7, 11) is 1.52. The van der Waals surface area contributed by atoms with E-state index in [1.807, 2.05) is 6.92 Å². The number of esters is 1. The van der Waals surface area contributed by atoms with Gasteiger partial charge < -0.3 is 14.2 Å². The van der Waals surface area contributed by atoms with Crippen LogP contribution in [-0.4, -0.2) is 24.3 Å². The van der Waals surface area contributed by atoms with E-state index in [1.54, 1.807) is 67.6 Å². The fourth-order valence-corrected chi connectivity index (χ4v) is 6.87. The highest BCUT2D eigenvalue weighted by Crippen LogP contribution is 2.38.